The summed E-state index contributed by atoms with van der Waals surface area (Å²) in [7, 11) is 1.50. The molecule has 2 amide bonds. The zero-order valence-electron chi connectivity index (χ0n) is 20.9. The number of aryl methyl sites for hydroxylation is 1. The van der Waals surface area contributed by atoms with Crippen LogP contribution in [0, 0.1) is 6.92 Å². The van der Waals surface area contributed by atoms with E-state index in [0.717, 1.165) is 5.56 Å². The molecule has 0 aliphatic carbocycles. The number of amides is 2. The molecule has 2 aromatic rings. The molecule has 0 spiro atoms. The number of methoxy groups -OCH3 is 1. The molecule has 0 bridgehead atoms. The highest BCUT2D eigenvalue weighted by Crippen LogP contribution is 2.29. The molecule has 0 radical (unpaired) electrons. The average Bonchev–Trinajstić information content (AvgIpc) is 2.84. The Labute approximate surface area is 205 Å². The Kier molecular flexibility index (Phi) is 8.07. The average molecular weight is 481 g/mol. The van der Waals surface area contributed by atoms with Crippen LogP contribution in [0.4, 0.5) is 5.69 Å². The van der Waals surface area contributed by atoms with E-state index >= 15 is 0 Å². The van der Waals surface area contributed by atoms with Gasteiger partial charge in [0.15, 0.2) is 5.78 Å². The van der Waals surface area contributed by atoms with Gasteiger partial charge in [0.1, 0.15) is 5.75 Å². The molecule has 0 saturated carbocycles. The molecule has 1 heterocycles. The lowest BCUT2D eigenvalue weighted by Gasteiger charge is -2.26. The summed E-state index contributed by atoms with van der Waals surface area (Å²) >= 11 is 0. The summed E-state index contributed by atoms with van der Waals surface area (Å²) in [5, 5.41) is 2.82. The molecule has 0 aromatic heterocycles. The standard InChI is InChI=1S/C27H32N2O6/c1-17-6-8-19(28-25(32)21-14-18(27(2,3)4)7-9-24(21)34-5)15-20(17)22(30)16-23(31)26(33)29-10-12-35-13-11-29/h6-9,14-15H,10-13,16H2,1-5H3,(H,28,32). The van der Waals surface area contributed by atoms with Crippen molar-refractivity contribution in [2.45, 2.75) is 39.5 Å². The van der Waals surface area contributed by atoms with Gasteiger partial charge in [-0.05, 0) is 47.7 Å². The summed E-state index contributed by atoms with van der Waals surface area (Å²) in [6, 6.07) is 10.4. The van der Waals surface area contributed by atoms with Crippen LogP contribution in [0.25, 0.3) is 0 Å². The number of Topliss-reactive ketones (excluding diaryl/α,β-unsaturated/α-hetero) is 2. The van der Waals surface area contributed by atoms with Crippen LogP contribution in [0.2, 0.25) is 0 Å². The van der Waals surface area contributed by atoms with E-state index in [1.165, 1.54) is 18.1 Å². The monoisotopic (exact) mass is 480 g/mol. The number of anilines is 1. The summed E-state index contributed by atoms with van der Waals surface area (Å²) < 4.78 is 10.6. The van der Waals surface area contributed by atoms with Crippen LogP contribution >= 0.6 is 0 Å². The van der Waals surface area contributed by atoms with Crippen molar-refractivity contribution in [1.82, 2.24) is 4.90 Å². The number of nitrogens with zero attached hydrogens (tertiary/aromatic N) is 1. The molecule has 1 aliphatic heterocycles. The molecule has 35 heavy (non-hydrogen) atoms. The molecule has 1 fully saturated rings. The predicted octanol–water partition coefficient (Wildman–Crippen LogP) is 3.55. The number of benzene rings is 2. The maximum Gasteiger partial charge on any atom is 0.290 e. The van der Waals surface area contributed by atoms with Gasteiger partial charge in [0.2, 0.25) is 5.78 Å². The Hall–Kier alpha value is -3.52. The highest BCUT2D eigenvalue weighted by molar-refractivity contribution is 6.40. The van der Waals surface area contributed by atoms with Crippen molar-refractivity contribution in [3.05, 3.63) is 58.7 Å². The molecule has 1 N–H and O–H groups in total. The molecule has 2 aromatic carbocycles. The van der Waals surface area contributed by atoms with Crippen molar-refractivity contribution < 1.29 is 28.7 Å². The Balaban J connectivity index is 1.77. The van der Waals surface area contributed by atoms with E-state index in [1.807, 2.05) is 6.07 Å². The zero-order valence-corrected chi connectivity index (χ0v) is 20.9. The molecule has 8 nitrogen and oxygen atoms in total. The second kappa shape index (κ2) is 10.8. The third-order valence-corrected chi connectivity index (χ3v) is 5.96. The number of hydrogen-bond acceptors (Lipinski definition) is 6. The SMILES string of the molecule is COc1ccc(C(C)(C)C)cc1C(=O)Nc1ccc(C)c(C(=O)CC(=O)C(=O)N2CCOCC2)c1. The predicted molar refractivity (Wildman–Crippen MR) is 132 cm³/mol. The first kappa shape index (κ1) is 26.1. The smallest absolute Gasteiger partial charge is 0.290 e. The van der Waals surface area contributed by atoms with Gasteiger partial charge in [-0.25, -0.2) is 0 Å². The fourth-order valence-electron chi connectivity index (χ4n) is 3.81. The molecule has 0 unspecified atom stereocenters. The Morgan fingerprint density at radius 1 is 1.00 bits per heavy atom. The Morgan fingerprint density at radius 3 is 2.31 bits per heavy atom. The topological polar surface area (TPSA) is 102 Å². The van der Waals surface area contributed by atoms with E-state index in [9.17, 15) is 19.2 Å². The number of nitrogens with one attached hydrogen (secondary N) is 1. The van der Waals surface area contributed by atoms with Crippen LogP contribution in [0.1, 0.15) is 59.0 Å². The van der Waals surface area contributed by atoms with Crippen LogP contribution in [0.5, 0.6) is 5.75 Å². The quantitative estimate of drug-likeness (QED) is 0.369. The molecule has 1 saturated heterocycles. The number of ketones is 2. The van der Waals surface area contributed by atoms with Crippen LogP contribution in [0.15, 0.2) is 36.4 Å². The van der Waals surface area contributed by atoms with Crippen LogP contribution in [-0.2, 0) is 19.7 Å². The van der Waals surface area contributed by atoms with Crippen molar-refractivity contribution in [2.24, 2.45) is 0 Å². The highest BCUT2D eigenvalue weighted by Gasteiger charge is 2.26. The lowest BCUT2D eigenvalue weighted by molar-refractivity contribution is -0.146. The first-order chi connectivity index (χ1) is 16.5. The first-order valence-corrected chi connectivity index (χ1v) is 11.5. The number of rotatable bonds is 7. The summed E-state index contributed by atoms with van der Waals surface area (Å²) in [6.45, 7) is 9.31. The third-order valence-electron chi connectivity index (χ3n) is 5.96. The number of hydrogen-bond donors (Lipinski definition) is 1. The fourth-order valence-corrected chi connectivity index (χ4v) is 3.81. The molecule has 8 heteroatoms. The van der Waals surface area contributed by atoms with Crippen molar-refractivity contribution in [3.8, 4) is 5.75 Å². The van der Waals surface area contributed by atoms with Crippen molar-refractivity contribution in [2.75, 3.05) is 38.7 Å². The van der Waals surface area contributed by atoms with Gasteiger partial charge in [-0.3, -0.25) is 19.2 Å². The largest absolute Gasteiger partial charge is 0.496 e. The zero-order chi connectivity index (χ0) is 25.8. The van der Waals surface area contributed by atoms with E-state index < -0.39 is 23.9 Å². The highest BCUT2D eigenvalue weighted by atomic mass is 16.5. The van der Waals surface area contributed by atoms with Gasteiger partial charge in [-0.15, -0.1) is 0 Å². The van der Waals surface area contributed by atoms with Gasteiger partial charge in [0.25, 0.3) is 11.8 Å². The molecule has 3 rings (SSSR count). The lowest BCUT2D eigenvalue weighted by Crippen LogP contribution is -2.44. The van der Waals surface area contributed by atoms with Gasteiger partial charge < -0.3 is 19.7 Å². The number of morpholine rings is 1. The molecule has 186 valence electrons. The van der Waals surface area contributed by atoms with Crippen LogP contribution in [-0.4, -0.2) is 61.7 Å². The Morgan fingerprint density at radius 2 is 1.69 bits per heavy atom. The summed E-state index contributed by atoms with van der Waals surface area (Å²) in [5.41, 5.74) is 2.52. The molecule has 1 aliphatic rings. The summed E-state index contributed by atoms with van der Waals surface area (Å²) in [4.78, 5) is 52.2. The normalized spacial score (nSPS) is 13.8. The van der Waals surface area contributed by atoms with Crippen molar-refractivity contribution in [3.63, 3.8) is 0 Å². The minimum absolute atomic E-state index is 0.157. The van der Waals surface area contributed by atoms with Crippen molar-refractivity contribution in [1.29, 1.82) is 0 Å². The number of carbonyl (C=O) groups is 4. The third kappa shape index (κ3) is 6.33. The fraction of sp³-hybridized carbons (Fsp3) is 0.407. The summed E-state index contributed by atoms with van der Waals surface area (Å²) in [5.74, 6) is -1.85. The minimum atomic E-state index is -0.755. The van der Waals surface area contributed by atoms with Gasteiger partial charge in [-0.1, -0.05) is 32.9 Å². The van der Waals surface area contributed by atoms with E-state index in [-0.39, 0.29) is 16.9 Å². The van der Waals surface area contributed by atoms with Gasteiger partial charge in [0, 0.05) is 24.3 Å². The maximum absolute atomic E-state index is 13.1. The molecular formula is C27H32N2O6. The van der Waals surface area contributed by atoms with E-state index in [2.05, 4.69) is 26.1 Å². The van der Waals surface area contributed by atoms with Crippen LogP contribution < -0.4 is 10.1 Å². The van der Waals surface area contributed by atoms with E-state index in [4.69, 9.17) is 9.47 Å². The first-order valence-electron chi connectivity index (χ1n) is 11.5. The molecular weight excluding hydrogens is 448 g/mol. The van der Waals surface area contributed by atoms with E-state index in [1.54, 1.807) is 31.2 Å². The van der Waals surface area contributed by atoms with E-state index in [0.29, 0.717) is 48.9 Å². The second-order valence-electron chi connectivity index (χ2n) is 9.58. The van der Waals surface area contributed by atoms with Crippen molar-refractivity contribution >= 4 is 29.1 Å². The van der Waals surface area contributed by atoms with Gasteiger partial charge >= 0.3 is 0 Å². The van der Waals surface area contributed by atoms with Gasteiger partial charge in [-0.2, -0.15) is 0 Å². The van der Waals surface area contributed by atoms with Gasteiger partial charge in [0.05, 0.1) is 32.3 Å². The lowest BCUT2D eigenvalue weighted by atomic mass is 9.86. The van der Waals surface area contributed by atoms with Crippen LogP contribution in [0.3, 0.4) is 0 Å². The maximum atomic E-state index is 13.1. The molecule has 0 atom stereocenters. The number of ether oxygens (including phenoxy) is 2. The Bertz CT molecular complexity index is 1140. The summed E-state index contributed by atoms with van der Waals surface area (Å²) in [6.07, 6.45) is -0.532. The minimum Gasteiger partial charge on any atom is -0.496 e. The number of carbonyl (C=O) groups excluding carboxylic acids is 4. The second-order valence-corrected chi connectivity index (χ2v) is 9.58.